The summed E-state index contributed by atoms with van der Waals surface area (Å²) in [6.07, 6.45) is -1.41. The Morgan fingerprint density at radius 1 is 1.29 bits per heavy atom. The Bertz CT molecular complexity index is 903. The minimum absolute atomic E-state index is 0.0681. The van der Waals surface area contributed by atoms with E-state index in [0.29, 0.717) is 17.3 Å². The van der Waals surface area contributed by atoms with Crippen molar-refractivity contribution in [3.8, 4) is 5.75 Å². The van der Waals surface area contributed by atoms with E-state index in [9.17, 15) is 23.1 Å². The van der Waals surface area contributed by atoms with Gasteiger partial charge in [0.25, 0.3) is 0 Å². The van der Waals surface area contributed by atoms with E-state index >= 15 is 0 Å². The fourth-order valence-corrected chi connectivity index (χ4v) is 2.34. The van der Waals surface area contributed by atoms with Gasteiger partial charge in [-0.1, -0.05) is 0 Å². The summed E-state index contributed by atoms with van der Waals surface area (Å²) >= 11 is 0. The zero-order valence-corrected chi connectivity index (χ0v) is 12.2. The molecule has 2 heterocycles. The molecule has 0 saturated carbocycles. The Kier molecular flexibility index (Phi) is 3.88. The number of halogens is 3. The van der Waals surface area contributed by atoms with Crippen LogP contribution >= 0.6 is 0 Å². The highest BCUT2D eigenvalue weighted by Crippen LogP contribution is 2.34. The monoisotopic (exact) mass is 335 g/mol. The van der Waals surface area contributed by atoms with Gasteiger partial charge in [-0.25, -0.2) is 4.98 Å². The van der Waals surface area contributed by atoms with Crippen molar-refractivity contribution in [2.75, 3.05) is 5.32 Å². The molecule has 3 rings (SSSR count). The average molecular weight is 335 g/mol. The van der Waals surface area contributed by atoms with Gasteiger partial charge in [-0.05, 0) is 35.9 Å². The maximum atomic E-state index is 12.7. The maximum Gasteiger partial charge on any atom is 0.416 e. The van der Waals surface area contributed by atoms with E-state index < -0.39 is 23.4 Å². The number of fused-ring (bicyclic) bond motifs is 1. The number of aromatic nitrogens is 2. The first-order valence-electron chi connectivity index (χ1n) is 6.95. The zero-order chi connectivity index (χ0) is 17.3. The van der Waals surface area contributed by atoms with E-state index in [0.717, 1.165) is 17.5 Å². The number of carbonyl (C=O) groups excluding carboxylic acids is 1. The first kappa shape index (κ1) is 15.9. The predicted octanol–water partition coefficient (Wildman–Crippen LogP) is 3.47. The fourth-order valence-electron chi connectivity index (χ4n) is 2.34. The summed E-state index contributed by atoms with van der Waals surface area (Å²) in [6, 6.07) is 5.84. The van der Waals surface area contributed by atoms with Gasteiger partial charge in [0.15, 0.2) is 0 Å². The molecule has 5 nitrogen and oxygen atoms in total. The number of aromatic hydroxyl groups is 1. The van der Waals surface area contributed by atoms with Gasteiger partial charge in [0.2, 0.25) is 5.91 Å². The number of pyridine rings is 1. The molecule has 0 radical (unpaired) electrons. The molecule has 24 heavy (non-hydrogen) atoms. The van der Waals surface area contributed by atoms with Gasteiger partial charge in [-0.2, -0.15) is 13.2 Å². The van der Waals surface area contributed by atoms with Gasteiger partial charge >= 0.3 is 6.18 Å². The molecule has 3 N–H and O–H groups in total. The lowest BCUT2D eigenvalue weighted by Gasteiger charge is -2.11. The summed E-state index contributed by atoms with van der Waals surface area (Å²) in [5, 5.41) is 12.7. The van der Waals surface area contributed by atoms with Crippen molar-refractivity contribution in [2.24, 2.45) is 0 Å². The number of anilines is 1. The molecule has 0 spiro atoms. The van der Waals surface area contributed by atoms with Crippen LogP contribution in [0.25, 0.3) is 11.0 Å². The molecular weight excluding hydrogens is 323 g/mol. The number of alkyl halides is 3. The number of hydrogen-bond acceptors (Lipinski definition) is 3. The Morgan fingerprint density at radius 2 is 2.08 bits per heavy atom. The van der Waals surface area contributed by atoms with Crippen LogP contribution in [0.4, 0.5) is 18.9 Å². The smallest absolute Gasteiger partial charge is 0.416 e. The van der Waals surface area contributed by atoms with Crippen molar-refractivity contribution in [3.05, 3.63) is 53.9 Å². The summed E-state index contributed by atoms with van der Waals surface area (Å²) in [7, 11) is 0. The SMILES string of the molecule is O=C(Cc1c[nH]c2ncccc12)Nc1cc(C(F)(F)F)ccc1O. The van der Waals surface area contributed by atoms with Gasteiger partial charge in [-0.15, -0.1) is 0 Å². The molecule has 0 atom stereocenters. The highest BCUT2D eigenvalue weighted by atomic mass is 19.4. The number of nitrogens with zero attached hydrogens (tertiary/aromatic N) is 1. The molecule has 1 aromatic carbocycles. The molecule has 0 fully saturated rings. The fraction of sp³-hybridized carbons (Fsp3) is 0.125. The van der Waals surface area contributed by atoms with E-state index in [-0.39, 0.29) is 12.1 Å². The van der Waals surface area contributed by atoms with Crippen LogP contribution in [0.2, 0.25) is 0 Å². The molecule has 124 valence electrons. The van der Waals surface area contributed by atoms with Crippen LogP contribution in [0.15, 0.2) is 42.7 Å². The number of amides is 1. The average Bonchev–Trinajstić information content (AvgIpc) is 2.91. The molecule has 8 heteroatoms. The van der Waals surface area contributed by atoms with E-state index in [1.54, 1.807) is 24.5 Å². The van der Waals surface area contributed by atoms with E-state index in [1.165, 1.54) is 0 Å². The van der Waals surface area contributed by atoms with Crippen molar-refractivity contribution < 1.29 is 23.1 Å². The van der Waals surface area contributed by atoms with Crippen LogP contribution in [0.5, 0.6) is 5.75 Å². The van der Waals surface area contributed by atoms with E-state index in [2.05, 4.69) is 15.3 Å². The van der Waals surface area contributed by atoms with Gasteiger partial charge in [0.1, 0.15) is 11.4 Å². The largest absolute Gasteiger partial charge is 0.506 e. The standard InChI is InChI=1S/C16H12F3N3O2/c17-16(18,19)10-3-4-13(23)12(7-10)22-14(24)6-9-8-21-15-11(9)2-1-5-20-15/h1-5,7-8,23H,6H2,(H,20,21)(H,22,24). The van der Waals surface area contributed by atoms with Gasteiger partial charge in [-0.3, -0.25) is 4.79 Å². The van der Waals surface area contributed by atoms with Crippen LogP contribution in [-0.4, -0.2) is 21.0 Å². The third-order valence-corrected chi connectivity index (χ3v) is 3.49. The minimum atomic E-state index is -4.56. The van der Waals surface area contributed by atoms with Crippen molar-refractivity contribution in [1.82, 2.24) is 9.97 Å². The van der Waals surface area contributed by atoms with Crippen molar-refractivity contribution in [1.29, 1.82) is 0 Å². The van der Waals surface area contributed by atoms with Gasteiger partial charge in [0, 0.05) is 17.8 Å². The second kappa shape index (κ2) is 5.88. The van der Waals surface area contributed by atoms with Crippen LogP contribution in [0, 0.1) is 0 Å². The van der Waals surface area contributed by atoms with Gasteiger partial charge in [0.05, 0.1) is 17.7 Å². The molecule has 3 aromatic rings. The Labute approximate surface area is 134 Å². The zero-order valence-electron chi connectivity index (χ0n) is 12.2. The number of nitrogens with one attached hydrogen (secondary N) is 2. The predicted molar refractivity (Wildman–Crippen MR) is 81.5 cm³/mol. The van der Waals surface area contributed by atoms with E-state index in [4.69, 9.17) is 0 Å². The van der Waals surface area contributed by atoms with Crippen LogP contribution in [-0.2, 0) is 17.4 Å². The Balaban J connectivity index is 1.80. The Morgan fingerprint density at radius 3 is 2.83 bits per heavy atom. The first-order chi connectivity index (χ1) is 11.3. The minimum Gasteiger partial charge on any atom is -0.506 e. The normalized spacial score (nSPS) is 11.6. The number of hydrogen-bond donors (Lipinski definition) is 3. The number of aromatic amines is 1. The maximum absolute atomic E-state index is 12.7. The molecule has 1 amide bonds. The summed E-state index contributed by atoms with van der Waals surface area (Å²) in [5.74, 6) is -0.980. The molecule has 0 bridgehead atoms. The number of benzene rings is 1. The summed E-state index contributed by atoms with van der Waals surface area (Å²) < 4.78 is 38.1. The van der Waals surface area contributed by atoms with E-state index in [1.807, 2.05) is 0 Å². The number of phenolic OH excluding ortho intramolecular Hbond substituents is 1. The molecule has 0 unspecified atom stereocenters. The molecular formula is C16H12F3N3O2. The lowest BCUT2D eigenvalue weighted by Crippen LogP contribution is -2.15. The third-order valence-electron chi connectivity index (χ3n) is 3.49. The van der Waals surface area contributed by atoms with Crippen molar-refractivity contribution >= 4 is 22.6 Å². The quantitative estimate of drug-likeness (QED) is 0.641. The number of carbonyl (C=O) groups is 1. The highest BCUT2D eigenvalue weighted by Gasteiger charge is 2.31. The molecule has 2 aromatic heterocycles. The highest BCUT2D eigenvalue weighted by molar-refractivity contribution is 5.96. The third kappa shape index (κ3) is 3.17. The van der Waals surface area contributed by atoms with Crippen LogP contribution < -0.4 is 5.32 Å². The molecule has 0 aliphatic heterocycles. The lowest BCUT2D eigenvalue weighted by atomic mass is 10.1. The first-order valence-corrected chi connectivity index (χ1v) is 6.95. The second-order valence-electron chi connectivity index (χ2n) is 5.17. The number of rotatable bonds is 3. The van der Waals surface area contributed by atoms with Crippen LogP contribution in [0.3, 0.4) is 0 Å². The second-order valence-corrected chi connectivity index (χ2v) is 5.17. The summed E-state index contributed by atoms with van der Waals surface area (Å²) in [6.45, 7) is 0. The number of phenols is 1. The van der Waals surface area contributed by atoms with Gasteiger partial charge < -0.3 is 15.4 Å². The number of H-pyrrole nitrogens is 1. The Hall–Kier alpha value is -3.03. The lowest BCUT2D eigenvalue weighted by molar-refractivity contribution is -0.137. The van der Waals surface area contributed by atoms with Crippen molar-refractivity contribution in [2.45, 2.75) is 12.6 Å². The summed E-state index contributed by atoms with van der Waals surface area (Å²) in [4.78, 5) is 19.1. The van der Waals surface area contributed by atoms with Crippen LogP contribution in [0.1, 0.15) is 11.1 Å². The molecule has 0 aliphatic carbocycles. The van der Waals surface area contributed by atoms with Crippen molar-refractivity contribution in [3.63, 3.8) is 0 Å². The molecule has 0 saturated heterocycles. The summed E-state index contributed by atoms with van der Waals surface area (Å²) in [5.41, 5.74) is 0.0315. The molecule has 0 aliphatic rings. The topological polar surface area (TPSA) is 78.0 Å².